The molecule has 0 radical (unpaired) electrons. The molecule has 0 aromatic carbocycles. The molecule has 3 nitrogen and oxygen atoms in total. The SMILES string of the molecule is CCCOP(OC)N(C(C)C)C(C)C. The Kier molecular flexibility index (Phi) is 7.75. The number of rotatable bonds is 7. The van der Waals surface area contributed by atoms with E-state index < -0.39 is 8.53 Å². The van der Waals surface area contributed by atoms with Crippen molar-refractivity contribution in [3.8, 4) is 0 Å². The van der Waals surface area contributed by atoms with Gasteiger partial charge in [-0.25, -0.2) is 4.67 Å². The zero-order valence-electron chi connectivity index (χ0n) is 10.3. The largest absolute Gasteiger partial charge is 0.325 e. The molecule has 1 unspecified atom stereocenters. The second-order valence-corrected chi connectivity index (χ2v) is 5.38. The molecular weight excluding hydrogens is 197 g/mol. The van der Waals surface area contributed by atoms with Gasteiger partial charge in [0.25, 0.3) is 8.53 Å². The highest BCUT2D eigenvalue weighted by Crippen LogP contribution is 2.44. The predicted molar refractivity (Wildman–Crippen MR) is 62.3 cm³/mol. The van der Waals surface area contributed by atoms with E-state index in [-0.39, 0.29) is 0 Å². The molecule has 0 spiro atoms. The minimum atomic E-state index is -0.873. The van der Waals surface area contributed by atoms with E-state index in [9.17, 15) is 0 Å². The summed E-state index contributed by atoms with van der Waals surface area (Å²) in [6.07, 6.45) is 1.03. The summed E-state index contributed by atoms with van der Waals surface area (Å²) < 4.78 is 13.4. The molecule has 0 aliphatic carbocycles. The van der Waals surface area contributed by atoms with E-state index >= 15 is 0 Å². The van der Waals surface area contributed by atoms with Gasteiger partial charge in [0.2, 0.25) is 0 Å². The first-order valence-corrected chi connectivity index (χ1v) is 6.43. The van der Waals surface area contributed by atoms with Crippen molar-refractivity contribution in [2.45, 2.75) is 53.1 Å². The van der Waals surface area contributed by atoms with Crippen LogP contribution in [0.15, 0.2) is 0 Å². The van der Waals surface area contributed by atoms with Gasteiger partial charge in [-0.1, -0.05) is 6.92 Å². The van der Waals surface area contributed by atoms with Crippen LogP contribution < -0.4 is 0 Å². The molecule has 1 atom stereocenters. The Hall–Kier alpha value is 0.310. The van der Waals surface area contributed by atoms with Gasteiger partial charge in [0.05, 0.1) is 6.61 Å². The van der Waals surface area contributed by atoms with Crippen LogP contribution in [0.2, 0.25) is 0 Å². The quantitative estimate of drug-likeness (QED) is 0.615. The number of hydrogen-bond acceptors (Lipinski definition) is 3. The highest BCUT2D eigenvalue weighted by Gasteiger charge is 2.25. The van der Waals surface area contributed by atoms with Gasteiger partial charge in [0.15, 0.2) is 0 Å². The first kappa shape index (κ1) is 14.3. The fourth-order valence-corrected chi connectivity index (χ4v) is 2.88. The maximum Gasteiger partial charge on any atom is 0.258 e. The third kappa shape index (κ3) is 4.70. The van der Waals surface area contributed by atoms with E-state index in [1.807, 2.05) is 0 Å². The molecular formula is C10H24NO2P. The summed E-state index contributed by atoms with van der Waals surface area (Å²) in [5, 5.41) is 0. The average molecular weight is 221 g/mol. The molecule has 0 saturated carbocycles. The normalized spacial score (nSPS) is 14.4. The Labute approximate surface area is 89.7 Å². The van der Waals surface area contributed by atoms with Gasteiger partial charge in [-0.05, 0) is 34.1 Å². The smallest absolute Gasteiger partial charge is 0.258 e. The molecule has 0 amide bonds. The molecule has 0 aromatic rings. The predicted octanol–water partition coefficient (Wildman–Crippen LogP) is 3.41. The van der Waals surface area contributed by atoms with Gasteiger partial charge >= 0.3 is 0 Å². The summed E-state index contributed by atoms with van der Waals surface area (Å²) in [5.74, 6) is 0. The van der Waals surface area contributed by atoms with E-state index in [2.05, 4.69) is 39.3 Å². The molecule has 0 aliphatic heterocycles. The minimum Gasteiger partial charge on any atom is -0.325 e. The summed E-state index contributed by atoms with van der Waals surface area (Å²) >= 11 is 0. The molecule has 0 heterocycles. The lowest BCUT2D eigenvalue weighted by molar-refractivity contribution is 0.194. The van der Waals surface area contributed by atoms with E-state index in [0.717, 1.165) is 13.0 Å². The Morgan fingerprint density at radius 3 is 1.93 bits per heavy atom. The van der Waals surface area contributed by atoms with Gasteiger partial charge in [-0.2, -0.15) is 0 Å². The first-order chi connectivity index (χ1) is 6.54. The fraction of sp³-hybridized carbons (Fsp3) is 1.00. The number of hydrogen-bond donors (Lipinski definition) is 0. The van der Waals surface area contributed by atoms with Crippen LogP contribution >= 0.6 is 8.53 Å². The summed E-state index contributed by atoms with van der Waals surface area (Å²) in [6, 6.07) is 0.913. The second kappa shape index (κ2) is 7.58. The van der Waals surface area contributed by atoms with Crippen LogP contribution in [-0.4, -0.2) is 30.5 Å². The Bertz CT molecular complexity index is 134. The number of nitrogens with zero attached hydrogens (tertiary/aromatic N) is 1. The van der Waals surface area contributed by atoms with Gasteiger partial charge < -0.3 is 9.05 Å². The van der Waals surface area contributed by atoms with Crippen LogP contribution in [0.25, 0.3) is 0 Å². The van der Waals surface area contributed by atoms with Crippen molar-refractivity contribution in [3.05, 3.63) is 0 Å². The fourth-order valence-electron chi connectivity index (χ4n) is 1.36. The topological polar surface area (TPSA) is 21.7 Å². The van der Waals surface area contributed by atoms with Crippen LogP contribution in [0, 0.1) is 0 Å². The van der Waals surface area contributed by atoms with Crippen LogP contribution in [-0.2, 0) is 9.05 Å². The van der Waals surface area contributed by atoms with E-state index in [4.69, 9.17) is 9.05 Å². The van der Waals surface area contributed by atoms with E-state index in [1.165, 1.54) is 0 Å². The standard InChI is InChI=1S/C10H24NO2P/c1-7-8-13-14(12-6)11(9(2)3)10(4)5/h9-10H,7-8H2,1-6H3. The molecule has 0 aromatic heterocycles. The Balaban J connectivity index is 4.26. The summed E-state index contributed by atoms with van der Waals surface area (Å²) in [4.78, 5) is 0. The summed E-state index contributed by atoms with van der Waals surface area (Å²) in [6.45, 7) is 11.6. The molecule has 0 rings (SSSR count). The lowest BCUT2D eigenvalue weighted by Crippen LogP contribution is -2.33. The van der Waals surface area contributed by atoms with Crippen molar-refractivity contribution in [1.82, 2.24) is 4.67 Å². The van der Waals surface area contributed by atoms with Gasteiger partial charge in [-0.3, -0.25) is 0 Å². The molecule has 0 saturated heterocycles. The third-order valence-corrected chi connectivity index (χ3v) is 3.83. The van der Waals surface area contributed by atoms with Crippen molar-refractivity contribution < 1.29 is 9.05 Å². The van der Waals surface area contributed by atoms with E-state index in [1.54, 1.807) is 7.11 Å². The van der Waals surface area contributed by atoms with Crippen LogP contribution in [0.1, 0.15) is 41.0 Å². The van der Waals surface area contributed by atoms with Crippen LogP contribution in [0.5, 0.6) is 0 Å². The molecule has 4 heteroatoms. The van der Waals surface area contributed by atoms with Gasteiger partial charge in [0.1, 0.15) is 0 Å². The van der Waals surface area contributed by atoms with Crippen LogP contribution in [0.3, 0.4) is 0 Å². The van der Waals surface area contributed by atoms with Crippen molar-refractivity contribution in [1.29, 1.82) is 0 Å². The molecule has 0 N–H and O–H groups in total. The third-order valence-electron chi connectivity index (χ3n) is 1.81. The van der Waals surface area contributed by atoms with Crippen LogP contribution in [0.4, 0.5) is 0 Å². The lowest BCUT2D eigenvalue weighted by Gasteiger charge is -2.34. The minimum absolute atomic E-state index is 0.456. The molecule has 0 fully saturated rings. The van der Waals surface area contributed by atoms with Crippen molar-refractivity contribution >= 4 is 8.53 Å². The van der Waals surface area contributed by atoms with Crippen molar-refractivity contribution in [3.63, 3.8) is 0 Å². The zero-order chi connectivity index (χ0) is 11.1. The maximum absolute atomic E-state index is 5.69. The maximum atomic E-state index is 5.69. The van der Waals surface area contributed by atoms with Crippen molar-refractivity contribution in [2.24, 2.45) is 0 Å². The second-order valence-electron chi connectivity index (χ2n) is 3.82. The lowest BCUT2D eigenvalue weighted by atomic mass is 10.3. The Morgan fingerprint density at radius 1 is 1.14 bits per heavy atom. The Morgan fingerprint density at radius 2 is 1.64 bits per heavy atom. The monoisotopic (exact) mass is 221 g/mol. The average Bonchev–Trinajstić information content (AvgIpc) is 2.10. The molecule has 14 heavy (non-hydrogen) atoms. The van der Waals surface area contributed by atoms with Gasteiger partial charge in [0, 0.05) is 19.2 Å². The van der Waals surface area contributed by atoms with Gasteiger partial charge in [-0.15, -0.1) is 0 Å². The highest BCUT2D eigenvalue weighted by atomic mass is 31.2. The molecule has 0 bridgehead atoms. The highest BCUT2D eigenvalue weighted by molar-refractivity contribution is 7.44. The molecule has 0 aliphatic rings. The summed E-state index contributed by atoms with van der Waals surface area (Å²) in [7, 11) is 0.848. The first-order valence-electron chi connectivity index (χ1n) is 5.29. The van der Waals surface area contributed by atoms with E-state index in [0.29, 0.717) is 12.1 Å². The zero-order valence-corrected chi connectivity index (χ0v) is 11.2. The summed E-state index contributed by atoms with van der Waals surface area (Å²) in [5.41, 5.74) is 0. The van der Waals surface area contributed by atoms with Crippen molar-refractivity contribution in [2.75, 3.05) is 13.7 Å². The molecule has 86 valence electrons.